The van der Waals surface area contributed by atoms with Crippen LogP contribution >= 0.6 is 0 Å². The molecule has 0 saturated heterocycles. The molecule has 1 aliphatic heterocycles. The van der Waals surface area contributed by atoms with E-state index >= 15 is 0 Å². The molecule has 0 amide bonds. The van der Waals surface area contributed by atoms with Gasteiger partial charge in [-0.3, -0.25) is 4.18 Å². The fraction of sp³-hybridized carbons (Fsp3) is 0.196. The zero-order valence-corrected chi connectivity index (χ0v) is 69.6. The van der Waals surface area contributed by atoms with E-state index in [1.807, 2.05) is 0 Å². The van der Waals surface area contributed by atoms with Crippen molar-refractivity contribution >= 4 is 45.2 Å². The average molecular weight is 1540 g/mol. The Balaban J connectivity index is 0.715. The highest BCUT2D eigenvalue weighted by molar-refractivity contribution is 7.79. The highest BCUT2D eigenvalue weighted by Gasteiger charge is 2.24. The van der Waals surface area contributed by atoms with E-state index in [9.17, 15) is 4.21 Å². The maximum atomic E-state index is 12.6. The van der Waals surface area contributed by atoms with Crippen molar-refractivity contribution in [3.63, 3.8) is 0 Å². The summed E-state index contributed by atoms with van der Waals surface area (Å²) < 4.78 is 18.1. The second kappa shape index (κ2) is 37.3. The molecule has 0 fully saturated rings. The zero-order chi connectivity index (χ0) is 80.0. The van der Waals surface area contributed by atoms with E-state index in [2.05, 4.69) is 391 Å². The molecule has 1 heterocycles. The van der Waals surface area contributed by atoms with E-state index < -0.39 is 11.1 Å². The fourth-order valence-corrected chi connectivity index (χ4v) is 18.1. The number of hydrogen-bond donors (Lipinski definition) is 0. The number of hydrogen-bond acceptors (Lipinski definition) is 4. The van der Waals surface area contributed by atoms with Gasteiger partial charge in [0, 0.05) is 34.1 Å². The van der Waals surface area contributed by atoms with Crippen molar-refractivity contribution in [2.24, 2.45) is 0 Å². The molecule has 0 radical (unpaired) electrons. The number of aryl methyl sites for hydroxylation is 6. The van der Waals surface area contributed by atoms with Crippen LogP contribution in [0.5, 0.6) is 0 Å². The monoisotopic (exact) mass is 1540 g/mol. The summed E-state index contributed by atoms with van der Waals surface area (Å²) in [6.45, 7) is 14.2. The first-order valence-corrected chi connectivity index (χ1v) is 43.9. The Kier molecular flexibility index (Phi) is 25.1. The third kappa shape index (κ3) is 18.3. The van der Waals surface area contributed by atoms with Gasteiger partial charge in [-0.2, -0.15) is 0 Å². The number of benzene rings is 15. The van der Waals surface area contributed by atoms with Crippen LogP contribution in [0.25, 0.3) is 111 Å². The molecule has 15 aromatic carbocycles. The summed E-state index contributed by atoms with van der Waals surface area (Å²) in [4.78, 5) is 4.88. The van der Waals surface area contributed by atoms with Gasteiger partial charge in [0.2, 0.25) is 0 Å². The summed E-state index contributed by atoms with van der Waals surface area (Å²) in [5.41, 5.74) is 41.1. The number of anilines is 6. The van der Waals surface area contributed by atoms with Crippen LogP contribution in [0.3, 0.4) is 0 Å². The van der Waals surface area contributed by atoms with Crippen molar-refractivity contribution in [3.8, 4) is 111 Å². The van der Waals surface area contributed by atoms with Gasteiger partial charge in [-0.1, -0.05) is 334 Å². The molecule has 1 atom stereocenters. The van der Waals surface area contributed by atoms with E-state index in [1.54, 1.807) is 0 Å². The molecule has 0 aliphatic carbocycles. The lowest BCUT2D eigenvalue weighted by atomic mass is 9.84. The summed E-state index contributed by atoms with van der Waals surface area (Å²) in [7, 11) is 0. The number of rotatable bonds is 30. The molecule has 16 rings (SSSR count). The van der Waals surface area contributed by atoms with Gasteiger partial charge >= 0.3 is 0 Å². The molecule has 582 valence electrons. The molecule has 0 N–H and O–H groups in total. The van der Waals surface area contributed by atoms with Crippen LogP contribution in [-0.4, -0.2) is 4.21 Å². The van der Waals surface area contributed by atoms with Gasteiger partial charge in [0.1, 0.15) is 0 Å². The molecular weight excluding hydrogens is 1440 g/mol. The van der Waals surface area contributed by atoms with E-state index in [0.29, 0.717) is 12.4 Å². The van der Waals surface area contributed by atoms with E-state index in [1.165, 1.54) is 133 Å². The molecule has 117 heavy (non-hydrogen) atoms. The van der Waals surface area contributed by atoms with Gasteiger partial charge in [-0.05, 0) is 293 Å². The molecule has 15 aromatic rings. The minimum atomic E-state index is -1.33. The lowest BCUT2D eigenvalue weighted by Crippen LogP contribution is -2.10. The van der Waals surface area contributed by atoms with Crippen molar-refractivity contribution < 1.29 is 8.39 Å². The Morgan fingerprint density at radius 2 is 0.590 bits per heavy atom. The van der Waals surface area contributed by atoms with Gasteiger partial charge in [0.25, 0.3) is 0 Å². The van der Waals surface area contributed by atoms with E-state index in [4.69, 9.17) is 4.18 Å². The van der Waals surface area contributed by atoms with Crippen molar-refractivity contribution in [1.82, 2.24) is 0 Å². The SMILES string of the molecule is CCCCCCc1cc(-c2ccc(N(c3ccc(-c4ccc(CCC)cc4)cc3)c3ccc(-c4ccc(-c5ccc(-c6ccc(-c7ccccc7)cc6-c6ccc7c(c6)CS(=O)OC7)cc5)cc4)cc3)cc2C)c(CCCCCC)cc1-c1ccc(N(c2ccc(-c3ccccc3)cc2)c2ccc(-c3ccc(CCC)cc3)cc2)cc1C. The third-order valence-corrected chi connectivity index (χ3v) is 24.6. The molecule has 4 nitrogen and oxygen atoms in total. The lowest BCUT2D eigenvalue weighted by molar-refractivity contribution is 0.328. The van der Waals surface area contributed by atoms with Gasteiger partial charge < -0.3 is 9.80 Å². The van der Waals surface area contributed by atoms with Crippen molar-refractivity contribution in [3.05, 3.63) is 384 Å². The highest BCUT2D eigenvalue weighted by Crippen LogP contribution is 2.46. The lowest BCUT2D eigenvalue weighted by Gasteiger charge is -2.28. The quantitative estimate of drug-likeness (QED) is 0.0420. The normalized spacial score (nSPS) is 12.5. The molecule has 0 saturated carbocycles. The van der Waals surface area contributed by atoms with E-state index in [0.717, 1.165) is 147 Å². The smallest absolute Gasteiger partial charge is 0.160 e. The first-order valence-electron chi connectivity index (χ1n) is 42.7. The second-order valence-corrected chi connectivity index (χ2v) is 33.0. The van der Waals surface area contributed by atoms with Crippen LogP contribution in [0.15, 0.2) is 340 Å². The Labute approximate surface area is 697 Å². The predicted octanol–water partition coefficient (Wildman–Crippen LogP) is 31.8. The number of nitrogens with zero attached hydrogens (tertiary/aromatic N) is 2. The van der Waals surface area contributed by atoms with Crippen molar-refractivity contribution in [1.29, 1.82) is 0 Å². The summed E-state index contributed by atoms with van der Waals surface area (Å²) in [6, 6.07) is 127. The predicted molar refractivity (Wildman–Crippen MR) is 500 cm³/mol. The summed E-state index contributed by atoms with van der Waals surface area (Å²) in [5, 5.41) is 0. The second-order valence-electron chi connectivity index (χ2n) is 31.9. The largest absolute Gasteiger partial charge is 0.310 e. The van der Waals surface area contributed by atoms with Gasteiger partial charge in [-0.25, -0.2) is 4.21 Å². The average Bonchev–Trinajstić information content (AvgIpc) is 0.745. The topological polar surface area (TPSA) is 32.8 Å². The molecule has 0 bridgehead atoms. The Hall–Kier alpha value is -12.0. The van der Waals surface area contributed by atoms with Crippen molar-refractivity contribution in [2.45, 2.75) is 144 Å². The summed E-state index contributed by atoms with van der Waals surface area (Å²) >= 11 is -1.33. The summed E-state index contributed by atoms with van der Waals surface area (Å²) in [5.74, 6) is 0.396. The summed E-state index contributed by atoms with van der Waals surface area (Å²) in [6.07, 6.45) is 16.0. The van der Waals surface area contributed by atoms with Gasteiger partial charge in [0.05, 0.1) is 12.4 Å². The van der Waals surface area contributed by atoms with E-state index in [-0.39, 0.29) is 0 Å². The van der Waals surface area contributed by atoms with Crippen LogP contribution in [0.2, 0.25) is 0 Å². The first-order chi connectivity index (χ1) is 57.5. The van der Waals surface area contributed by atoms with Crippen LogP contribution in [-0.2, 0) is 53.3 Å². The maximum absolute atomic E-state index is 12.6. The van der Waals surface area contributed by atoms with Crippen LogP contribution in [0, 0.1) is 13.8 Å². The molecular formula is C112H106N2O2S. The first kappa shape index (κ1) is 78.9. The van der Waals surface area contributed by atoms with Gasteiger partial charge in [0.15, 0.2) is 11.1 Å². The standard InChI is InChI=1S/C112H106N2O2S/c1-7-11-13-17-29-96-76-111(97(30-18-14-12-8-2)75-110(96)107-69-66-105(71-79(107)5)113(101-58-49-90(50-59-101)83-25-19-15-20-26-83)102-60-51-91(52-61-102)85-35-31-81(23-9-3)32-36-85)108-70-67-106(72-80(108)6)114(103-62-53-92(54-63-103)86-37-33-82(24-10-4)34-38-86)104-64-55-93(56-65-104)88-41-39-87(40-42-88)89-43-45-94(46-44-89)109-68-57-95(84-27-21-16-22-28-84)74-112(109)98-47-48-99-77-116-117(115)78-100(99)73-98/h15-16,19-22,25-28,31-76H,7-14,17-18,23-24,29-30,77-78H2,1-6H3. The number of unbranched alkanes of at least 4 members (excludes halogenated alkanes) is 6. The third-order valence-electron chi connectivity index (χ3n) is 23.7. The molecule has 1 aliphatic rings. The van der Waals surface area contributed by atoms with Crippen LogP contribution in [0.1, 0.15) is 136 Å². The molecule has 0 aromatic heterocycles. The molecule has 5 heteroatoms. The maximum Gasteiger partial charge on any atom is 0.160 e. The number of fused-ring (bicyclic) bond motifs is 1. The minimum Gasteiger partial charge on any atom is -0.310 e. The molecule has 1 unspecified atom stereocenters. The zero-order valence-electron chi connectivity index (χ0n) is 68.8. The highest BCUT2D eigenvalue weighted by atomic mass is 32.2. The van der Waals surface area contributed by atoms with Crippen molar-refractivity contribution in [2.75, 3.05) is 9.80 Å². The minimum absolute atomic E-state index is 0.368. The fourth-order valence-electron chi connectivity index (χ4n) is 17.2. The van der Waals surface area contributed by atoms with Crippen LogP contribution < -0.4 is 9.80 Å². The van der Waals surface area contributed by atoms with Crippen LogP contribution in [0.4, 0.5) is 34.1 Å². The van der Waals surface area contributed by atoms with Gasteiger partial charge in [-0.15, -0.1) is 0 Å². The molecule has 0 spiro atoms. The Morgan fingerprint density at radius 1 is 0.256 bits per heavy atom. The Morgan fingerprint density at radius 3 is 0.974 bits per heavy atom. The Bertz CT molecular complexity index is 5880.